The molecule has 24 heavy (non-hydrogen) atoms. The number of nitrogens with one attached hydrogen (secondary N) is 2. The minimum atomic E-state index is -0.0945. The highest BCUT2D eigenvalue weighted by Crippen LogP contribution is 2.51. The monoisotopic (exact) mass is 450 g/mol. The predicted octanol–water partition coefficient (Wildman–Crippen LogP) is 2.00. The van der Waals surface area contributed by atoms with Crippen molar-refractivity contribution >= 4 is 29.9 Å². The van der Waals surface area contributed by atoms with E-state index in [9.17, 15) is 0 Å². The van der Waals surface area contributed by atoms with Crippen LogP contribution in [0.25, 0.3) is 0 Å². The van der Waals surface area contributed by atoms with Crippen LogP contribution in [0.5, 0.6) is 0 Å². The number of hydrogen-bond acceptors (Lipinski definition) is 4. The van der Waals surface area contributed by atoms with Crippen molar-refractivity contribution in [3.63, 3.8) is 0 Å². The Morgan fingerprint density at radius 3 is 2.50 bits per heavy atom. The number of aliphatic imine (C=N–C) groups is 1. The van der Waals surface area contributed by atoms with Crippen LogP contribution in [0.2, 0.25) is 0 Å². The summed E-state index contributed by atoms with van der Waals surface area (Å²) in [7, 11) is 3.74. The van der Waals surface area contributed by atoms with Gasteiger partial charge in [-0.25, -0.2) is 4.99 Å². The summed E-state index contributed by atoms with van der Waals surface area (Å²) in [6.45, 7) is 11.9. The fourth-order valence-electron chi connectivity index (χ4n) is 2.95. The van der Waals surface area contributed by atoms with Gasteiger partial charge in [0.15, 0.2) is 11.8 Å². The zero-order chi connectivity index (χ0) is 17.3. The summed E-state index contributed by atoms with van der Waals surface area (Å²) >= 11 is 0. The van der Waals surface area contributed by atoms with Crippen LogP contribution in [0.3, 0.4) is 0 Å². The van der Waals surface area contributed by atoms with E-state index in [0.29, 0.717) is 12.6 Å². The second kappa shape index (κ2) is 7.99. The normalized spacial score (nSPS) is 25.6. The van der Waals surface area contributed by atoms with E-state index in [1.165, 1.54) is 0 Å². The van der Waals surface area contributed by atoms with Crippen LogP contribution in [-0.4, -0.2) is 46.0 Å². The molecule has 1 aromatic heterocycles. The smallest absolute Gasteiger partial charge is 0.191 e. The molecule has 1 aromatic rings. The van der Waals surface area contributed by atoms with Gasteiger partial charge in [0, 0.05) is 32.2 Å². The van der Waals surface area contributed by atoms with E-state index < -0.39 is 0 Å². The molecule has 2 atom stereocenters. The molecule has 0 aliphatic heterocycles. The van der Waals surface area contributed by atoms with Gasteiger partial charge in [0.05, 0.1) is 5.60 Å². The molecular weight excluding hydrogens is 419 g/mol. The predicted molar refractivity (Wildman–Crippen MR) is 107 cm³/mol. The molecule has 138 valence electrons. The number of aryl methyl sites for hydroxylation is 1. The Morgan fingerprint density at radius 2 is 2.04 bits per heavy atom. The van der Waals surface area contributed by atoms with Gasteiger partial charge in [-0.2, -0.15) is 0 Å². The molecule has 0 aromatic carbocycles. The first kappa shape index (κ1) is 21.1. The summed E-state index contributed by atoms with van der Waals surface area (Å²) < 4.78 is 7.65. The van der Waals surface area contributed by atoms with Crippen LogP contribution in [0.15, 0.2) is 4.99 Å². The lowest BCUT2D eigenvalue weighted by Crippen LogP contribution is -2.69. The van der Waals surface area contributed by atoms with E-state index >= 15 is 0 Å². The zero-order valence-electron chi connectivity index (χ0n) is 15.8. The van der Waals surface area contributed by atoms with Gasteiger partial charge < -0.3 is 19.9 Å². The van der Waals surface area contributed by atoms with Gasteiger partial charge in [0.1, 0.15) is 12.4 Å². The van der Waals surface area contributed by atoms with Crippen molar-refractivity contribution in [2.45, 2.75) is 59.2 Å². The van der Waals surface area contributed by atoms with Gasteiger partial charge in [-0.15, -0.1) is 34.2 Å². The maximum atomic E-state index is 5.69. The topological polar surface area (TPSA) is 76.4 Å². The van der Waals surface area contributed by atoms with E-state index in [1.54, 1.807) is 7.11 Å². The summed E-state index contributed by atoms with van der Waals surface area (Å²) in [6, 6.07) is 0.325. The van der Waals surface area contributed by atoms with Crippen LogP contribution >= 0.6 is 24.0 Å². The third-order valence-electron chi connectivity index (χ3n) is 5.49. The van der Waals surface area contributed by atoms with Crippen molar-refractivity contribution in [2.75, 3.05) is 13.7 Å². The Balaban J connectivity index is 0.00000288. The highest BCUT2D eigenvalue weighted by Gasteiger charge is 2.58. The summed E-state index contributed by atoms with van der Waals surface area (Å²) in [6.07, 6.45) is 0.962. The largest absolute Gasteiger partial charge is 0.378 e. The molecule has 1 aliphatic rings. The van der Waals surface area contributed by atoms with Gasteiger partial charge in [0.2, 0.25) is 0 Å². The molecule has 0 radical (unpaired) electrons. The van der Waals surface area contributed by atoms with Crippen molar-refractivity contribution in [1.29, 1.82) is 0 Å². The molecule has 0 spiro atoms. The van der Waals surface area contributed by atoms with E-state index in [-0.39, 0.29) is 35.0 Å². The highest BCUT2D eigenvalue weighted by molar-refractivity contribution is 14.0. The lowest BCUT2D eigenvalue weighted by atomic mass is 9.56. The second-order valence-corrected chi connectivity index (χ2v) is 6.98. The standard InChI is InChI=1S/C16H30N6O.HI/c1-8-17-14(18-10-13-21-20-11(2)22(13)6)19-12-9-16(5,23-7)15(12,3)4;/h12H,8-10H2,1-7H3,(H2,17,18,19);1H. The Kier molecular flexibility index (Phi) is 7.04. The second-order valence-electron chi connectivity index (χ2n) is 6.98. The molecule has 7 nitrogen and oxygen atoms in total. The number of nitrogens with zero attached hydrogens (tertiary/aromatic N) is 4. The van der Waals surface area contributed by atoms with Gasteiger partial charge in [-0.3, -0.25) is 0 Å². The zero-order valence-corrected chi connectivity index (χ0v) is 18.1. The number of guanidine groups is 1. The molecular formula is C16H31IN6O. The Bertz CT molecular complexity index is 585. The highest BCUT2D eigenvalue weighted by atomic mass is 127. The first-order chi connectivity index (χ1) is 10.7. The summed E-state index contributed by atoms with van der Waals surface area (Å²) in [5.74, 6) is 2.56. The average Bonchev–Trinajstić information content (AvgIpc) is 2.83. The molecule has 2 rings (SSSR count). The van der Waals surface area contributed by atoms with Crippen LogP contribution in [-0.2, 0) is 18.3 Å². The quantitative estimate of drug-likeness (QED) is 0.408. The molecule has 1 aliphatic carbocycles. The van der Waals surface area contributed by atoms with Gasteiger partial charge in [-0.05, 0) is 27.2 Å². The summed E-state index contributed by atoms with van der Waals surface area (Å²) in [4.78, 5) is 4.65. The first-order valence-corrected chi connectivity index (χ1v) is 8.20. The van der Waals surface area contributed by atoms with Gasteiger partial charge in [-0.1, -0.05) is 13.8 Å². The van der Waals surface area contributed by atoms with Crippen LogP contribution in [0, 0.1) is 12.3 Å². The van der Waals surface area contributed by atoms with Crippen molar-refractivity contribution in [3.8, 4) is 0 Å². The van der Waals surface area contributed by atoms with Gasteiger partial charge >= 0.3 is 0 Å². The van der Waals surface area contributed by atoms with Crippen molar-refractivity contribution in [2.24, 2.45) is 17.5 Å². The number of aromatic nitrogens is 3. The SMILES string of the molecule is CCNC(=NCc1nnc(C)n1C)NC1CC(C)(OC)C1(C)C.I. The van der Waals surface area contributed by atoms with E-state index in [1.807, 2.05) is 18.5 Å². The Hall–Kier alpha value is -0.900. The van der Waals surface area contributed by atoms with E-state index in [4.69, 9.17) is 4.74 Å². The minimum absolute atomic E-state index is 0. The average molecular weight is 450 g/mol. The van der Waals surface area contributed by atoms with E-state index in [2.05, 4.69) is 53.5 Å². The third-order valence-corrected chi connectivity index (χ3v) is 5.49. The van der Waals surface area contributed by atoms with Crippen molar-refractivity contribution in [1.82, 2.24) is 25.4 Å². The number of hydrogen-bond donors (Lipinski definition) is 2. The number of halogens is 1. The summed E-state index contributed by atoms with van der Waals surface area (Å²) in [5, 5.41) is 15.1. The fraction of sp³-hybridized carbons (Fsp3) is 0.812. The molecule has 1 fully saturated rings. The molecule has 0 saturated heterocycles. The molecule has 8 heteroatoms. The number of methoxy groups -OCH3 is 1. The maximum Gasteiger partial charge on any atom is 0.191 e. The lowest BCUT2D eigenvalue weighted by Gasteiger charge is -2.59. The van der Waals surface area contributed by atoms with Gasteiger partial charge in [0.25, 0.3) is 0 Å². The minimum Gasteiger partial charge on any atom is -0.378 e. The van der Waals surface area contributed by atoms with Crippen LogP contribution in [0.4, 0.5) is 0 Å². The van der Waals surface area contributed by atoms with Crippen molar-refractivity contribution in [3.05, 3.63) is 11.6 Å². The first-order valence-electron chi connectivity index (χ1n) is 8.20. The molecule has 1 heterocycles. The molecule has 0 amide bonds. The van der Waals surface area contributed by atoms with Crippen molar-refractivity contribution < 1.29 is 4.74 Å². The summed E-state index contributed by atoms with van der Waals surface area (Å²) in [5.41, 5.74) is -0.0536. The Morgan fingerprint density at radius 1 is 1.38 bits per heavy atom. The number of ether oxygens (including phenoxy) is 1. The molecule has 0 bridgehead atoms. The fourth-order valence-corrected chi connectivity index (χ4v) is 2.95. The lowest BCUT2D eigenvalue weighted by molar-refractivity contribution is -0.176. The molecule has 1 saturated carbocycles. The molecule has 2 unspecified atom stereocenters. The Labute approximate surface area is 162 Å². The maximum absolute atomic E-state index is 5.69. The van der Waals surface area contributed by atoms with E-state index in [0.717, 1.165) is 30.6 Å². The van der Waals surface area contributed by atoms with Crippen LogP contribution < -0.4 is 10.6 Å². The third kappa shape index (κ3) is 3.84. The molecule has 2 N–H and O–H groups in total. The number of rotatable bonds is 5. The van der Waals surface area contributed by atoms with Crippen LogP contribution in [0.1, 0.15) is 45.8 Å².